The van der Waals surface area contributed by atoms with Gasteiger partial charge in [0.25, 0.3) is 11.4 Å². The topological polar surface area (TPSA) is 224 Å². The number of nitrogens with one attached hydrogen (secondary N) is 3. The minimum atomic E-state index is -5.00. The van der Waals surface area contributed by atoms with Gasteiger partial charge in [0.05, 0.1) is 18.8 Å². The van der Waals surface area contributed by atoms with Gasteiger partial charge in [0.2, 0.25) is 17.7 Å². The summed E-state index contributed by atoms with van der Waals surface area (Å²) in [5.74, 6) is -1.89. The SMILES string of the molecule is C[C@@H](OCc1ccccc1)[C@H](CCC(N)=O)NC(=O)[C@@H]1CC[C@@H]2CCN(C)C[C@H](NC(=O)c3cc4cc(C(=O)P(=O)(O)O)ccc4[nH]3)C(=O)N21. The number of amides is 4. The van der Waals surface area contributed by atoms with Crippen LogP contribution in [0.5, 0.6) is 0 Å². The van der Waals surface area contributed by atoms with E-state index in [2.05, 4.69) is 15.6 Å². The molecule has 0 spiro atoms. The molecular formula is C34H43N6O9P. The van der Waals surface area contributed by atoms with Gasteiger partial charge in [-0.2, -0.15) is 0 Å². The smallest absolute Gasteiger partial charge is 0.372 e. The van der Waals surface area contributed by atoms with Crippen molar-refractivity contribution in [3.8, 4) is 0 Å². The van der Waals surface area contributed by atoms with Gasteiger partial charge in [-0.1, -0.05) is 30.3 Å². The summed E-state index contributed by atoms with van der Waals surface area (Å²) in [4.78, 5) is 90.3. The average molecular weight is 711 g/mol. The first-order valence-electron chi connectivity index (χ1n) is 16.5. The summed E-state index contributed by atoms with van der Waals surface area (Å²) >= 11 is 0. The number of carbonyl (C=O) groups excluding carboxylic acids is 5. The molecule has 7 N–H and O–H groups in total. The lowest BCUT2D eigenvalue weighted by Crippen LogP contribution is -2.61. The Morgan fingerprint density at radius 1 is 1.08 bits per heavy atom. The van der Waals surface area contributed by atoms with E-state index in [0.29, 0.717) is 43.3 Å². The molecule has 3 heterocycles. The quantitative estimate of drug-likeness (QED) is 0.141. The van der Waals surface area contributed by atoms with Gasteiger partial charge in [-0.15, -0.1) is 0 Å². The van der Waals surface area contributed by atoms with Crippen LogP contribution in [0, 0.1) is 0 Å². The van der Waals surface area contributed by atoms with Gasteiger partial charge in [-0.05, 0) is 76.0 Å². The van der Waals surface area contributed by atoms with Crippen molar-refractivity contribution >= 4 is 47.7 Å². The predicted octanol–water partition coefficient (Wildman–Crippen LogP) is 1.63. The summed E-state index contributed by atoms with van der Waals surface area (Å²) in [6, 6.07) is 12.4. The zero-order valence-electron chi connectivity index (χ0n) is 27.9. The van der Waals surface area contributed by atoms with E-state index in [1.54, 1.807) is 4.90 Å². The Kier molecular flexibility index (Phi) is 11.5. The Morgan fingerprint density at radius 2 is 1.82 bits per heavy atom. The second-order valence-corrected chi connectivity index (χ2v) is 14.5. The number of aromatic amines is 1. The van der Waals surface area contributed by atoms with Crippen LogP contribution >= 0.6 is 7.60 Å². The Labute approximate surface area is 289 Å². The van der Waals surface area contributed by atoms with E-state index in [1.807, 2.05) is 49.2 Å². The molecule has 5 atom stereocenters. The molecule has 0 saturated carbocycles. The number of nitrogens with zero attached hydrogens (tertiary/aromatic N) is 2. The molecule has 0 aliphatic carbocycles. The summed E-state index contributed by atoms with van der Waals surface area (Å²) in [7, 11) is -3.15. The fourth-order valence-corrected chi connectivity index (χ4v) is 7.08. The highest BCUT2D eigenvalue weighted by molar-refractivity contribution is 7.70. The molecule has 2 aliphatic heterocycles. The summed E-state index contributed by atoms with van der Waals surface area (Å²) in [5, 5.41) is 6.20. The molecule has 5 rings (SSSR count). The van der Waals surface area contributed by atoms with Gasteiger partial charge in [0.15, 0.2) is 0 Å². The molecular weight excluding hydrogens is 667 g/mol. The third-order valence-corrected chi connectivity index (χ3v) is 10.1. The molecule has 1 aromatic heterocycles. The number of carbonyl (C=O) groups is 5. The average Bonchev–Trinajstić information content (AvgIpc) is 3.70. The lowest BCUT2D eigenvalue weighted by Gasteiger charge is -2.38. The monoisotopic (exact) mass is 710 g/mol. The van der Waals surface area contributed by atoms with E-state index >= 15 is 0 Å². The van der Waals surface area contributed by atoms with Crippen molar-refractivity contribution in [3.63, 3.8) is 0 Å². The normalized spacial score (nSPS) is 21.2. The minimum Gasteiger partial charge on any atom is -0.372 e. The van der Waals surface area contributed by atoms with Gasteiger partial charge in [-0.3, -0.25) is 28.5 Å². The first-order valence-corrected chi connectivity index (χ1v) is 18.1. The number of hydrogen-bond acceptors (Lipinski definition) is 8. The molecule has 50 heavy (non-hydrogen) atoms. The minimum absolute atomic E-state index is 0.0371. The van der Waals surface area contributed by atoms with E-state index < -0.39 is 55.1 Å². The number of H-pyrrole nitrogens is 1. The zero-order valence-corrected chi connectivity index (χ0v) is 28.8. The first kappa shape index (κ1) is 36.9. The first-order chi connectivity index (χ1) is 23.7. The van der Waals surface area contributed by atoms with Crippen LogP contribution in [0.1, 0.15) is 65.4 Å². The third kappa shape index (κ3) is 8.84. The molecule has 2 fully saturated rings. The predicted molar refractivity (Wildman–Crippen MR) is 183 cm³/mol. The molecule has 3 aromatic rings. The van der Waals surface area contributed by atoms with Crippen LogP contribution in [0.3, 0.4) is 0 Å². The Bertz CT molecular complexity index is 1790. The second-order valence-electron chi connectivity index (χ2n) is 13.0. The van der Waals surface area contributed by atoms with E-state index in [0.717, 1.165) is 5.56 Å². The standard InChI is InChI=1S/C34H43N6O9P/c1-20(49-19-21-6-4-3-5-7-21)25(11-13-30(35)41)37-32(43)29-12-9-24-14-15-39(2)18-28(33(44)40(24)29)38-31(42)27-17-23-16-22(8-10-26(23)36-27)34(45)50(46,47)48/h3-8,10,16-17,20,24-25,28-29,36H,9,11-15,18-19H2,1-2H3,(H2,35,41)(H,37,43)(H,38,42)(H2,46,47,48)/t20-,24-,25+,28+,29+/m1/s1. The summed E-state index contributed by atoms with van der Waals surface area (Å²) < 4.78 is 17.5. The van der Waals surface area contributed by atoms with Gasteiger partial charge in [0.1, 0.15) is 17.8 Å². The summed E-state index contributed by atoms with van der Waals surface area (Å²) in [6.07, 6.45) is 1.49. The van der Waals surface area contributed by atoms with Crippen LogP contribution in [0.4, 0.5) is 0 Å². The fourth-order valence-electron chi connectivity index (χ4n) is 6.61. The van der Waals surface area contributed by atoms with Crippen LogP contribution in [-0.2, 0) is 30.3 Å². The third-order valence-electron chi connectivity index (χ3n) is 9.33. The van der Waals surface area contributed by atoms with Crippen molar-refractivity contribution in [1.29, 1.82) is 0 Å². The van der Waals surface area contributed by atoms with Crippen LogP contribution < -0.4 is 16.4 Å². The van der Waals surface area contributed by atoms with Crippen molar-refractivity contribution < 1.29 is 43.1 Å². The number of hydrogen-bond donors (Lipinski definition) is 6. The highest BCUT2D eigenvalue weighted by Gasteiger charge is 2.45. The number of aromatic nitrogens is 1. The number of rotatable bonds is 13. The number of benzene rings is 2. The molecule has 268 valence electrons. The maximum Gasteiger partial charge on any atom is 0.396 e. The molecule has 2 aliphatic rings. The number of likely N-dealkylation sites (N-methyl/N-ethyl adjacent to an activating group) is 1. The van der Waals surface area contributed by atoms with Gasteiger partial charge in [0, 0.05) is 35.5 Å². The Hall–Kier alpha value is -4.40. The number of primary amides is 1. The van der Waals surface area contributed by atoms with E-state index in [9.17, 15) is 38.3 Å². The molecule has 16 heteroatoms. The van der Waals surface area contributed by atoms with Gasteiger partial charge >= 0.3 is 7.60 Å². The highest BCUT2D eigenvalue weighted by atomic mass is 31.2. The van der Waals surface area contributed by atoms with Gasteiger partial charge < -0.3 is 45.7 Å². The Morgan fingerprint density at radius 3 is 2.52 bits per heavy atom. The summed E-state index contributed by atoms with van der Waals surface area (Å²) in [6.45, 7) is 2.94. The van der Waals surface area contributed by atoms with Crippen LogP contribution in [0.25, 0.3) is 10.9 Å². The van der Waals surface area contributed by atoms with Crippen molar-refractivity contribution in [2.24, 2.45) is 5.73 Å². The maximum atomic E-state index is 14.2. The van der Waals surface area contributed by atoms with Crippen molar-refractivity contribution in [2.75, 3.05) is 20.1 Å². The zero-order chi connectivity index (χ0) is 36.2. The van der Waals surface area contributed by atoms with E-state index in [-0.39, 0.29) is 42.6 Å². The van der Waals surface area contributed by atoms with Crippen LogP contribution in [0.15, 0.2) is 54.6 Å². The largest absolute Gasteiger partial charge is 0.396 e. The van der Waals surface area contributed by atoms with Crippen LogP contribution in [0.2, 0.25) is 0 Å². The van der Waals surface area contributed by atoms with E-state index in [1.165, 1.54) is 24.3 Å². The lowest BCUT2D eigenvalue weighted by atomic mass is 10.0. The van der Waals surface area contributed by atoms with E-state index in [4.69, 9.17) is 10.5 Å². The lowest BCUT2D eigenvalue weighted by molar-refractivity contribution is -0.143. The molecule has 15 nitrogen and oxygen atoms in total. The van der Waals surface area contributed by atoms with Crippen molar-refractivity contribution in [2.45, 2.75) is 75.9 Å². The second kappa shape index (κ2) is 15.7. The number of nitrogens with two attached hydrogens (primary N) is 1. The molecule has 0 bridgehead atoms. The molecule has 2 aromatic carbocycles. The fraction of sp³-hybridized carbons (Fsp3) is 0.441. The number of ether oxygens (including phenoxy) is 1. The van der Waals surface area contributed by atoms with Crippen molar-refractivity contribution in [3.05, 3.63) is 71.4 Å². The van der Waals surface area contributed by atoms with Crippen LogP contribution in [-0.4, -0.2) is 104 Å². The summed E-state index contributed by atoms with van der Waals surface area (Å²) in [5.41, 5.74) is 5.38. The molecule has 0 unspecified atom stereocenters. The highest BCUT2D eigenvalue weighted by Crippen LogP contribution is 2.39. The van der Waals surface area contributed by atoms with Gasteiger partial charge in [-0.25, -0.2) is 0 Å². The Balaban J connectivity index is 1.31. The molecule has 2 saturated heterocycles. The molecule has 0 radical (unpaired) electrons. The maximum absolute atomic E-state index is 14.2. The number of fused-ring (bicyclic) bond motifs is 2. The van der Waals surface area contributed by atoms with Crippen molar-refractivity contribution in [1.82, 2.24) is 25.4 Å². The molecule has 4 amide bonds.